The summed E-state index contributed by atoms with van der Waals surface area (Å²) in [6, 6.07) is 11.9. The first-order valence-electron chi connectivity index (χ1n) is 6.17. The van der Waals surface area contributed by atoms with Crippen LogP contribution in [0.5, 0.6) is 0 Å². The minimum Gasteiger partial charge on any atom is -0.409 e. The number of hydrogen-bond acceptors (Lipinski definition) is 3. The molecule has 0 bridgehead atoms. The molecule has 0 spiro atoms. The summed E-state index contributed by atoms with van der Waals surface area (Å²) in [5, 5.41) is 14.8. The first-order chi connectivity index (χ1) is 10.0. The number of oxime groups is 1. The van der Waals surface area contributed by atoms with Crippen molar-refractivity contribution in [2.24, 2.45) is 10.9 Å². The Kier molecular flexibility index (Phi) is 4.45. The Morgan fingerprint density at radius 1 is 1.29 bits per heavy atom. The van der Waals surface area contributed by atoms with Crippen molar-refractivity contribution in [2.45, 2.75) is 6.92 Å². The van der Waals surface area contributed by atoms with E-state index < -0.39 is 0 Å². The van der Waals surface area contributed by atoms with Crippen molar-refractivity contribution in [2.75, 3.05) is 5.32 Å². The molecule has 0 fully saturated rings. The van der Waals surface area contributed by atoms with E-state index in [9.17, 15) is 4.79 Å². The monoisotopic (exact) mass is 303 g/mol. The minimum absolute atomic E-state index is 0.0248. The third-order valence-corrected chi connectivity index (χ3v) is 3.34. The molecule has 108 valence electrons. The second kappa shape index (κ2) is 6.28. The number of nitrogens with one attached hydrogen (secondary N) is 1. The molecule has 5 nitrogen and oxygen atoms in total. The van der Waals surface area contributed by atoms with Crippen LogP contribution in [0.15, 0.2) is 47.6 Å². The van der Waals surface area contributed by atoms with Gasteiger partial charge in [-0.15, -0.1) is 0 Å². The van der Waals surface area contributed by atoms with Crippen LogP contribution in [0.4, 0.5) is 5.69 Å². The van der Waals surface area contributed by atoms with Gasteiger partial charge in [-0.05, 0) is 30.7 Å². The second-order valence-corrected chi connectivity index (χ2v) is 4.86. The fourth-order valence-electron chi connectivity index (χ4n) is 1.81. The van der Waals surface area contributed by atoms with Crippen LogP contribution in [-0.4, -0.2) is 17.0 Å². The Morgan fingerprint density at radius 3 is 2.67 bits per heavy atom. The SMILES string of the molecule is Cc1ccc(C(N)=NO)cc1NC(=O)c1ccccc1Cl. The summed E-state index contributed by atoms with van der Waals surface area (Å²) in [4.78, 5) is 12.2. The van der Waals surface area contributed by atoms with Crippen LogP contribution < -0.4 is 11.1 Å². The van der Waals surface area contributed by atoms with E-state index in [2.05, 4.69) is 10.5 Å². The molecule has 0 atom stereocenters. The topological polar surface area (TPSA) is 87.7 Å². The molecule has 2 aromatic rings. The Morgan fingerprint density at radius 2 is 2.00 bits per heavy atom. The first kappa shape index (κ1) is 14.9. The van der Waals surface area contributed by atoms with Gasteiger partial charge in [0.15, 0.2) is 5.84 Å². The van der Waals surface area contributed by atoms with Crippen molar-refractivity contribution in [1.82, 2.24) is 0 Å². The van der Waals surface area contributed by atoms with Gasteiger partial charge in [-0.25, -0.2) is 0 Å². The van der Waals surface area contributed by atoms with Gasteiger partial charge in [-0.1, -0.05) is 41.0 Å². The van der Waals surface area contributed by atoms with E-state index in [0.29, 0.717) is 21.8 Å². The van der Waals surface area contributed by atoms with Gasteiger partial charge in [-0.3, -0.25) is 4.79 Å². The van der Waals surface area contributed by atoms with Crippen LogP contribution in [-0.2, 0) is 0 Å². The van der Waals surface area contributed by atoms with E-state index in [1.165, 1.54) is 0 Å². The normalized spacial score (nSPS) is 11.2. The molecule has 1 amide bonds. The molecular weight excluding hydrogens is 290 g/mol. The quantitative estimate of drug-likeness (QED) is 0.352. The average molecular weight is 304 g/mol. The number of aryl methyl sites for hydroxylation is 1. The molecule has 0 aromatic heterocycles. The Bertz CT molecular complexity index is 714. The van der Waals surface area contributed by atoms with Crippen molar-refractivity contribution in [3.05, 3.63) is 64.2 Å². The molecular formula is C15H14ClN3O2. The second-order valence-electron chi connectivity index (χ2n) is 4.45. The van der Waals surface area contributed by atoms with Crippen LogP contribution in [0.1, 0.15) is 21.5 Å². The van der Waals surface area contributed by atoms with E-state index in [4.69, 9.17) is 22.5 Å². The van der Waals surface area contributed by atoms with Gasteiger partial charge in [0.2, 0.25) is 0 Å². The number of amidine groups is 1. The summed E-state index contributed by atoms with van der Waals surface area (Å²) in [6.07, 6.45) is 0. The van der Waals surface area contributed by atoms with E-state index in [0.717, 1.165) is 5.56 Å². The summed E-state index contributed by atoms with van der Waals surface area (Å²) >= 11 is 6.00. The lowest BCUT2D eigenvalue weighted by Gasteiger charge is -2.11. The molecule has 0 radical (unpaired) electrons. The van der Waals surface area contributed by atoms with Crippen LogP contribution in [0.25, 0.3) is 0 Å². The van der Waals surface area contributed by atoms with Crippen LogP contribution in [0, 0.1) is 6.92 Å². The lowest BCUT2D eigenvalue weighted by Crippen LogP contribution is -2.16. The Balaban J connectivity index is 2.31. The highest BCUT2D eigenvalue weighted by atomic mass is 35.5. The maximum absolute atomic E-state index is 12.2. The van der Waals surface area contributed by atoms with Gasteiger partial charge >= 0.3 is 0 Å². The number of halogens is 1. The number of anilines is 1. The fourth-order valence-corrected chi connectivity index (χ4v) is 2.03. The highest BCUT2D eigenvalue weighted by Crippen LogP contribution is 2.20. The number of nitrogens with zero attached hydrogens (tertiary/aromatic N) is 1. The standard InChI is InChI=1S/C15H14ClN3O2/c1-9-6-7-10(14(17)19-21)8-13(9)18-15(20)11-4-2-3-5-12(11)16/h2-8,21H,1H3,(H2,17,19)(H,18,20). The molecule has 0 aliphatic carbocycles. The van der Waals surface area contributed by atoms with Gasteiger partial charge < -0.3 is 16.3 Å². The van der Waals surface area contributed by atoms with Gasteiger partial charge in [-0.2, -0.15) is 0 Å². The predicted molar refractivity (Wildman–Crippen MR) is 83.1 cm³/mol. The van der Waals surface area contributed by atoms with E-state index in [1.807, 2.05) is 6.92 Å². The molecule has 0 heterocycles. The van der Waals surface area contributed by atoms with Gasteiger partial charge in [0.1, 0.15) is 0 Å². The number of nitrogens with two attached hydrogens (primary N) is 1. The first-order valence-corrected chi connectivity index (χ1v) is 6.55. The largest absolute Gasteiger partial charge is 0.409 e. The number of hydrogen-bond donors (Lipinski definition) is 3. The van der Waals surface area contributed by atoms with Crippen molar-refractivity contribution >= 4 is 29.0 Å². The van der Waals surface area contributed by atoms with Gasteiger partial charge in [0, 0.05) is 11.3 Å². The average Bonchev–Trinajstić information content (AvgIpc) is 2.49. The molecule has 0 unspecified atom stereocenters. The van der Waals surface area contributed by atoms with Crippen LogP contribution in [0.3, 0.4) is 0 Å². The highest BCUT2D eigenvalue weighted by molar-refractivity contribution is 6.34. The Hall–Kier alpha value is -2.53. The lowest BCUT2D eigenvalue weighted by molar-refractivity contribution is 0.102. The number of carbonyl (C=O) groups excluding carboxylic acids is 1. The molecule has 0 saturated heterocycles. The molecule has 2 aromatic carbocycles. The molecule has 21 heavy (non-hydrogen) atoms. The maximum atomic E-state index is 12.2. The third-order valence-electron chi connectivity index (χ3n) is 3.01. The van der Waals surface area contributed by atoms with Crippen molar-refractivity contribution in [1.29, 1.82) is 0 Å². The molecule has 0 aliphatic rings. The van der Waals surface area contributed by atoms with E-state index in [1.54, 1.807) is 42.5 Å². The van der Waals surface area contributed by atoms with E-state index in [-0.39, 0.29) is 11.7 Å². The molecule has 0 saturated carbocycles. The zero-order valence-electron chi connectivity index (χ0n) is 11.3. The third kappa shape index (κ3) is 3.32. The van der Waals surface area contributed by atoms with Crippen molar-refractivity contribution < 1.29 is 10.0 Å². The van der Waals surface area contributed by atoms with Crippen LogP contribution in [0.2, 0.25) is 5.02 Å². The van der Waals surface area contributed by atoms with E-state index >= 15 is 0 Å². The zero-order valence-corrected chi connectivity index (χ0v) is 12.1. The lowest BCUT2D eigenvalue weighted by atomic mass is 10.1. The molecule has 0 aliphatic heterocycles. The van der Waals surface area contributed by atoms with Crippen LogP contribution >= 0.6 is 11.6 Å². The van der Waals surface area contributed by atoms with Crippen molar-refractivity contribution in [3.8, 4) is 0 Å². The predicted octanol–water partition coefficient (Wildman–Crippen LogP) is 3.00. The number of rotatable bonds is 3. The summed E-state index contributed by atoms with van der Waals surface area (Å²) in [5.74, 6) is -0.344. The van der Waals surface area contributed by atoms with Gasteiger partial charge in [0.25, 0.3) is 5.91 Å². The molecule has 6 heteroatoms. The molecule has 2 rings (SSSR count). The number of carbonyl (C=O) groups is 1. The molecule has 4 N–H and O–H groups in total. The zero-order chi connectivity index (χ0) is 15.4. The highest BCUT2D eigenvalue weighted by Gasteiger charge is 2.12. The number of amides is 1. The Labute approximate surface area is 127 Å². The fraction of sp³-hybridized carbons (Fsp3) is 0.0667. The van der Waals surface area contributed by atoms with Crippen molar-refractivity contribution in [3.63, 3.8) is 0 Å². The number of benzene rings is 2. The summed E-state index contributed by atoms with van der Waals surface area (Å²) in [5.41, 5.74) is 7.86. The van der Waals surface area contributed by atoms with Gasteiger partial charge in [0.05, 0.1) is 10.6 Å². The maximum Gasteiger partial charge on any atom is 0.257 e. The summed E-state index contributed by atoms with van der Waals surface area (Å²) < 4.78 is 0. The summed E-state index contributed by atoms with van der Waals surface area (Å²) in [7, 11) is 0. The summed E-state index contributed by atoms with van der Waals surface area (Å²) in [6.45, 7) is 1.85. The smallest absolute Gasteiger partial charge is 0.257 e. The minimum atomic E-state index is -0.319.